The fraction of sp³-hybridized carbons (Fsp3) is 0.800. The molecule has 2 N–H and O–H groups in total. The Hall–Kier alpha value is -1.52. The summed E-state index contributed by atoms with van der Waals surface area (Å²) < 4.78 is 2.21. The lowest BCUT2D eigenvalue weighted by atomic mass is 9.83. The van der Waals surface area contributed by atoms with Gasteiger partial charge in [0.05, 0.1) is 0 Å². The van der Waals surface area contributed by atoms with E-state index in [4.69, 9.17) is 4.99 Å². The van der Waals surface area contributed by atoms with Crippen molar-refractivity contribution in [2.24, 2.45) is 10.9 Å². The molecular weight excluding hydrogens is 310 g/mol. The summed E-state index contributed by atoms with van der Waals surface area (Å²) in [6.07, 6.45) is 14.2. The first kappa shape index (κ1) is 19.8. The van der Waals surface area contributed by atoms with Gasteiger partial charge < -0.3 is 15.2 Å². The second kappa shape index (κ2) is 11.2. The van der Waals surface area contributed by atoms with E-state index in [-0.39, 0.29) is 0 Å². The van der Waals surface area contributed by atoms with Crippen LogP contribution in [0.15, 0.2) is 17.4 Å². The average molecular weight is 348 g/mol. The lowest BCUT2D eigenvalue weighted by Crippen LogP contribution is -2.45. The third-order valence-corrected chi connectivity index (χ3v) is 5.23. The van der Waals surface area contributed by atoms with Gasteiger partial charge in [0.15, 0.2) is 5.96 Å². The van der Waals surface area contributed by atoms with Crippen molar-refractivity contribution >= 4 is 5.96 Å². The van der Waals surface area contributed by atoms with Crippen LogP contribution in [0.1, 0.15) is 71.0 Å². The molecule has 1 heterocycles. The van der Waals surface area contributed by atoms with E-state index in [1.54, 1.807) is 0 Å². The van der Waals surface area contributed by atoms with Crippen molar-refractivity contribution in [3.05, 3.63) is 18.2 Å². The van der Waals surface area contributed by atoms with E-state index in [0.717, 1.165) is 50.2 Å². The van der Waals surface area contributed by atoms with Crippen LogP contribution in [0.3, 0.4) is 0 Å². The molecule has 5 nitrogen and oxygen atoms in total. The van der Waals surface area contributed by atoms with E-state index in [2.05, 4.69) is 47.2 Å². The van der Waals surface area contributed by atoms with Crippen molar-refractivity contribution < 1.29 is 0 Å². The number of guanidine groups is 1. The van der Waals surface area contributed by atoms with E-state index in [0.29, 0.717) is 6.04 Å². The van der Waals surface area contributed by atoms with Gasteiger partial charge in [0.25, 0.3) is 0 Å². The highest BCUT2D eigenvalue weighted by molar-refractivity contribution is 5.80. The van der Waals surface area contributed by atoms with Gasteiger partial charge in [-0.25, -0.2) is 4.98 Å². The van der Waals surface area contributed by atoms with E-state index >= 15 is 0 Å². The Morgan fingerprint density at radius 1 is 1.24 bits per heavy atom. The van der Waals surface area contributed by atoms with Crippen molar-refractivity contribution in [2.75, 3.05) is 13.1 Å². The Morgan fingerprint density at radius 3 is 2.68 bits per heavy atom. The van der Waals surface area contributed by atoms with Crippen molar-refractivity contribution in [3.8, 4) is 0 Å². The molecule has 1 aliphatic carbocycles. The highest BCUT2D eigenvalue weighted by Gasteiger charge is 2.21. The maximum absolute atomic E-state index is 4.77. The standard InChI is InChI=1S/C20H37N5/c1-4-8-18-9-11-19(12-10-18)24-20(21-5-2)23-13-6-7-15-25-16-14-22-17(25)3/h14,16,18-19H,4-13,15H2,1-3H3,(H2,21,23,24). The monoisotopic (exact) mass is 347 g/mol. The Kier molecular flexibility index (Phi) is 8.84. The summed E-state index contributed by atoms with van der Waals surface area (Å²) in [7, 11) is 0. The molecule has 0 saturated heterocycles. The number of aliphatic imine (C=N–C) groups is 1. The predicted molar refractivity (Wildman–Crippen MR) is 106 cm³/mol. The molecule has 1 saturated carbocycles. The highest BCUT2D eigenvalue weighted by atomic mass is 15.2. The quantitative estimate of drug-likeness (QED) is 0.405. The smallest absolute Gasteiger partial charge is 0.191 e. The van der Waals surface area contributed by atoms with Crippen molar-refractivity contribution in [2.45, 2.75) is 84.7 Å². The first-order chi connectivity index (χ1) is 12.2. The number of hydrogen-bond donors (Lipinski definition) is 2. The lowest BCUT2D eigenvalue weighted by molar-refractivity contribution is 0.295. The number of unbranched alkanes of at least 4 members (excludes halogenated alkanes) is 1. The van der Waals surface area contributed by atoms with Gasteiger partial charge in [-0.15, -0.1) is 0 Å². The molecule has 1 aromatic heterocycles. The van der Waals surface area contributed by atoms with Gasteiger partial charge in [-0.2, -0.15) is 0 Å². The molecule has 0 aliphatic heterocycles. The van der Waals surface area contributed by atoms with Crippen LogP contribution in [0.25, 0.3) is 0 Å². The van der Waals surface area contributed by atoms with Gasteiger partial charge >= 0.3 is 0 Å². The molecule has 1 aromatic rings. The molecule has 0 atom stereocenters. The van der Waals surface area contributed by atoms with E-state index in [1.165, 1.54) is 38.5 Å². The fourth-order valence-corrected chi connectivity index (χ4v) is 3.74. The summed E-state index contributed by atoms with van der Waals surface area (Å²) in [6, 6.07) is 0.597. The van der Waals surface area contributed by atoms with Gasteiger partial charge in [-0.1, -0.05) is 19.8 Å². The zero-order valence-corrected chi connectivity index (χ0v) is 16.4. The molecule has 1 fully saturated rings. The maximum atomic E-state index is 4.77. The maximum Gasteiger partial charge on any atom is 0.191 e. The van der Waals surface area contributed by atoms with E-state index in [1.807, 2.05) is 6.20 Å². The second-order valence-electron chi connectivity index (χ2n) is 7.29. The molecule has 1 aliphatic rings. The van der Waals surface area contributed by atoms with Crippen LogP contribution >= 0.6 is 0 Å². The molecule has 0 amide bonds. The fourth-order valence-electron chi connectivity index (χ4n) is 3.74. The molecule has 5 heteroatoms. The van der Waals surface area contributed by atoms with Crippen LogP contribution < -0.4 is 10.6 Å². The van der Waals surface area contributed by atoms with Crippen LogP contribution in [-0.4, -0.2) is 34.6 Å². The van der Waals surface area contributed by atoms with E-state index < -0.39 is 0 Å². The van der Waals surface area contributed by atoms with Crippen molar-refractivity contribution in [1.29, 1.82) is 0 Å². The minimum absolute atomic E-state index is 0.597. The number of hydrogen-bond acceptors (Lipinski definition) is 2. The Balaban J connectivity index is 1.68. The normalized spacial score (nSPS) is 21.3. The molecular formula is C20H37N5. The van der Waals surface area contributed by atoms with Gasteiger partial charge in [0.2, 0.25) is 0 Å². The first-order valence-electron chi connectivity index (χ1n) is 10.3. The third kappa shape index (κ3) is 7.09. The van der Waals surface area contributed by atoms with Crippen LogP contribution in [0.4, 0.5) is 0 Å². The van der Waals surface area contributed by atoms with Gasteiger partial charge in [0.1, 0.15) is 5.82 Å². The van der Waals surface area contributed by atoms with Crippen LogP contribution in [0.5, 0.6) is 0 Å². The summed E-state index contributed by atoms with van der Waals surface area (Å²) in [4.78, 5) is 9.04. The van der Waals surface area contributed by atoms with Gasteiger partial charge in [-0.05, 0) is 58.3 Å². The third-order valence-electron chi connectivity index (χ3n) is 5.23. The Labute approximate surface area is 153 Å². The summed E-state index contributed by atoms with van der Waals surface area (Å²) in [5.41, 5.74) is 0. The zero-order valence-electron chi connectivity index (χ0n) is 16.4. The molecule has 2 rings (SSSR count). The minimum atomic E-state index is 0.597. The second-order valence-corrected chi connectivity index (χ2v) is 7.29. The van der Waals surface area contributed by atoms with Gasteiger partial charge in [-0.3, -0.25) is 4.99 Å². The van der Waals surface area contributed by atoms with Crippen LogP contribution in [0.2, 0.25) is 0 Å². The molecule has 0 unspecified atom stereocenters. The zero-order chi connectivity index (χ0) is 17.9. The largest absolute Gasteiger partial charge is 0.357 e. The molecule has 0 aromatic carbocycles. The molecule has 0 spiro atoms. The summed E-state index contributed by atoms with van der Waals surface area (Å²) >= 11 is 0. The number of rotatable bonds is 9. The number of aryl methyl sites for hydroxylation is 2. The Bertz CT molecular complexity index is 500. The lowest BCUT2D eigenvalue weighted by Gasteiger charge is -2.30. The number of aromatic nitrogens is 2. The minimum Gasteiger partial charge on any atom is -0.357 e. The van der Waals surface area contributed by atoms with Crippen molar-refractivity contribution in [3.63, 3.8) is 0 Å². The van der Waals surface area contributed by atoms with Crippen LogP contribution in [0, 0.1) is 12.8 Å². The average Bonchev–Trinajstić information content (AvgIpc) is 3.02. The number of imidazole rings is 1. The van der Waals surface area contributed by atoms with Crippen LogP contribution in [-0.2, 0) is 6.54 Å². The van der Waals surface area contributed by atoms with Crippen molar-refractivity contribution in [1.82, 2.24) is 20.2 Å². The molecule has 0 radical (unpaired) electrons. The SMILES string of the molecule is CCCC1CCC(NC(=NCCCCn2ccnc2C)NCC)CC1. The highest BCUT2D eigenvalue weighted by Crippen LogP contribution is 2.27. The molecule has 142 valence electrons. The summed E-state index contributed by atoms with van der Waals surface area (Å²) in [5, 5.41) is 7.06. The summed E-state index contributed by atoms with van der Waals surface area (Å²) in [6.45, 7) is 9.33. The molecule has 0 bridgehead atoms. The van der Waals surface area contributed by atoms with Gasteiger partial charge in [0, 0.05) is 38.1 Å². The summed E-state index contributed by atoms with van der Waals surface area (Å²) in [5.74, 6) is 3.05. The number of nitrogens with zero attached hydrogens (tertiary/aromatic N) is 3. The van der Waals surface area contributed by atoms with E-state index in [9.17, 15) is 0 Å². The topological polar surface area (TPSA) is 54.2 Å². The number of nitrogens with one attached hydrogen (secondary N) is 2. The first-order valence-corrected chi connectivity index (χ1v) is 10.3. The molecule has 25 heavy (non-hydrogen) atoms. The predicted octanol–water partition coefficient (Wildman–Crippen LogP) is 3.89. The Morgan fingerprint density at radius 2 is 2.04 bits per heavy atom.